The van der Waals surface area contributed by atoms with Gasteiger partial charge < -0.3 is 8.83 Å². The molecular weight excluding hydrogens is 775 g/mol. The summed E-state index contributed by atoms with van der Waals surface area (Å²) in [4.78, 5) is 0. The monoisotopic (exact) mass is 813 g/mol. The van der Waals surface area contributed by atoms with Crippen molar-refractivity contribution in [2.24, 2.45) is 0 Å². The molecule has 259 valence electrons. The van der Waals surface area contributed by atoms with E-state index in [-0.39, 0.29) is 26.2 Å². The second-order valence-electron chi connectivity index (χ2n) is 13.8. The van der Waals surface area contributed by atoms with E-state index < -0.39 is 8.80 Å². The molecule has 0 spiro atoms. The Hall–Kier alpha value is -3.66. The first-order chi connectivity index (χ1) is 24.4. The minimum absolute atomic E-state index is 0. The van der Waals surface area contributed by atoms with E-state index in [1.165, 1.54) is 49.3 Å². The van der Waals surface area contributed by atoms with Crippen molar-refractivity contribution in [3.63, 3.8) is 0 Å². The molecule has 0 aliphatic rings. The van der Waals surface area contributed by atoms with Gasteiger partial charge in [-0.2, -0.15) is 0 Å². The summed E-state index contributed by atoms with van der Waals surface area (Å²) >= 11 is 13.7. The quantitative estimate of drug-likeness (QED) is 0.128. The van der Waals surface area contributed by atoms with Gasteiger partial charge in [0.15, 0.2) is 0 Å². The van der Waals surface area contributed by atoms with E-state index in [0.717, 1.165) is 66.1 Å². The van der Waals surface area contributed by atoms with E-state index in [1.54, 1.807) is 0 Å². The summed E-state index contributed by atoms with van der Waals surface area (Å²) in [5.41, 5.74) is 12.0. The molecule has 0 saturated heterocycles. The molecule has 2 nitrogen and oxygen atoms in total. The summed E-state index contributed by atoms with van der Waals surface area (Å²) in [7, 11) is -0.836. The van der Waals surface area contributed by atoms with Gasteiger partial charge in [-0.25, -0.2) is 0 Å². The maximum absolute atomic E-state index is 6.96. The first-order valence-corrected chi connectivity index (χ1v) is 20.6. The van der Waals surface area contributed by atoms with Crippen molar-refractivity contribution in [3.05, 3.63) is 147 Å². The van der Waals surface area contributed by atoms with Crippen molar-refractivity contribution in [1.29, 1.82) is 0 Å². The molecule has 52 heavy (non-hydrogen) atoms. The van der Waals surface area contributed by atoms with Crippen LogP contribution in [-0.2, 0) is 26.2 Å². The van der Waals surface area contributed by atoms with Gasteiger partial charge in [0.05, 0.1) is 8.80 Å². The molecular formula is C46H41Cl2O2SiZr. The van der Waals surface area contributed by atoms with Crippen LogP contribution >= 0.6 is 23.2 Å². The van der Waals surface area contributed by atoms with Crippen LogP contribution in [0.1, 0.15) is 33.8 Å². The van der Waals surface area contributed by atoms with E-state index >= 15 is 0 Å². The maximum atomic E-state index is 6.96. The molecule has 6 aromatic carbocycles. The first-order valence-electron chi connectivity index (χ1n) is 17.3. The van der Waals surface area contributed by atoms with Crippen LogP contribution in [0.3, 0.4) is 0 Å². The molecule has 8 aromatic rings. The molecule has 0 aliphatic carbocycles. The summed E-state index contributed by atoms with van der Waals surface area (Å²) in [6.07, 6.45) is 0. The first kappa shape index (κ1) is 38.1. The molecule has 0 aliphatic heterocycles. The van der Waals surface area contributed by atoms with Crippen molar-refractivity contribution >= 4 is 58.7 Å². The van der Waals surface area contributed by atoms with Crippen LogP contribution in [0.5, 0.6) is 0 Å². The smallest absolute Gasteiger partial charge is 0.468 e. The van der Waals surface area contributed by atoms with Crippen LogP contribution in [0.4, 0.5) is 0 Å². The van der Waals surface area contributed by atoms with Gasteiger partial charge in [0, 0.05) is 5.02 Å². The molecule has 0 bridgehead atoms. The average Bonchev–Trinajstić information content (AvgIpc) is 3.90. The summed E-state index contributed by atoms with van der Waals surface area (Å²) in [6.45, 7) is 17.0. The number of hydrogen-bond donors (Lipinski definition) is 0. The minimum Gasteiger partial charge on any atom is -0.468 e. The standard InChI is InChI=1S/C24H22Cl2OSi.C22H19O.Zr/c1-13-12-18-20(24(28(4)5)23(26)21(18)22(25)15(13)3)17-9-7-6-8-16(17)19-11-10-14(2)27-19;1-14-12-17-9-10-19(21(17)13-15(14)2)18-6-4-5-7-20(18)22-11-8-16(3)23-22;/h6-12H,1-5H3;4-13H,1-3H3;/q2*-1;+2. The zero-order chi connectivity index (χ0) is 36.1. The van der Waals surface area contributed by atoms with Crippen LogP contribution in [-0.4, -0.2) is 8.80 Å². The van der Waals surface area contributed by atoms with Crippen molar-refractivity contribution in [2.45, 2.75) is 54.6 Å². The molecule has 0 unspecified atom stereocenters. The third-order valence-corrected chi connectivity index (χ3v) is 12.5. The second kappa shape index (κ2) is 15.4. The number of rotatable bonds is 5. The summed E-state index contributed by atoms with van der Waals surface area (Å²) in [6, 6.07) is 36.2. The van der Waals surface area contributed by atoms with Crippen LogP contribution in [0.2, 0.25) is 23.1 Å². The zero-order valence-corrected chi connectivity index (χ0v) is 35.9. The Morgan fingerprint density at radius 3 is 1.69 bits per heavy atom. The number of benzene rings is 4. The Balaban J connectivity index is 0.000000178. The van der Waals surface area contributed by atoms with E-state index in [9.17, 15) is 0 Å². The Morgan fingerprint density at radius 2 is 1.12 bits per heavy atom. The van der Waals surface area contributed by atoms with Gasteiger partial charge in [-0.3, -0.25) is 0 Å². The molecule has 0 N–H and O–H groups in total. The van der Waals surface area contributed by atoms with Crippen molar-refractivity contribution in [3.8, 4) is 44.9 Å². The van der Waals surface area contributed by atoms with Gasteiger partial charge in [0.2, 0.25) is 0 Å². The molecule has 0 amide bonds. The predicted octanol–water partition coefficient (Wildman–Crippen LogP) is 14.1. The van der Waals surface area contributed by atoms with Gasteiger partial charge in [-0.15, -0.1) is 48.0 Å². The van der Waals surface area contributed by atoms with E-state index in [0.29, 0.717) is 0 Å². The number of aryl methyl sites for hydroxylation is 5. The molecule has 6 heteroatoms. The number of fused-ring (bicyclic) bond motifs is 2. The Bertz CT molecular complexity index is 2560. The van der Waals surface area contributed by atoms with Gasteiger partial charge in [-0.05, 0) is 87.5 Å². The third-order valence-electron chi connectivity index (χ3n) is 10.0. The SMILES string of the molecule is Cc1ccc(-c2ccccc2-[c-]2c([Si](C)C)c(Cl)c3c(Cl)c(C)c(C)cc32)o1.Cc1ccc(-c2ccccc2-[c-]2ccc3cc(C)c(C)cc32)o1.[Zr+2]. The Morgan fingerprint density at radius 1 is 0.577 bits per heavy atom. The topological polar surface area (TPSA) is 26.3 Å². The largest absolute Gasteiger partial charge is 2.00 e. The fourth-order valence-electron chi connectivity index (χ4n) is 7.12. The number of halogens is 2. The van der Waals surface area contributed by atoms with Crippen molar-refractivity contribution in [1.82, 2.24) is 0 Å². The minimum atomic E-state index is -0.836. The van der Waals surface area contributed by atoms with Gasteiger partial charge in [0.1, 0.15) is 23.0 Å². The molecule has 0 saturated carbocycles. The Kier molecular flexibility index (Phi) is 11.3. The molecule has 2 heterocycles. The predicted molar refractivity (Wildman–Crippen MR) is 221 cm³/mol. The van der Waals surface area contributed by atoms with Crippen LogP contribution in [0.25, 0.3) is 66.4 Å². The van der Waals surface area contributed by atoms with Gasteiger partial charge in [-0.1, -0.05) is 133 Å². The molecule has 2 aromatic heterocycles. The van der Waals surface area contributed by atoms with Crippen LogP contribution in [0, 0.1) is 41.5 Å². The fraction of sp³-hybridized carbons (Fsp3) is 0.174. The van der Waals surface area contributed by atoms with Crippen LogP contribution in [0.15, 0.2) is 112 Å². The molecule has 1 radical (unpaired) electrons. The number of hydrogen-bond acceptors (Lipinski definition) is 2. The number of furan rings is 2. The van der Waals surface area contributed by atoms with E-state index in [4.69, 9.17) is 32.0 Å². The van der Waals surface area contributed by atoms with Gasteiger partial charge >= 0.3 is 26.2 Å². The third kappa shape index (κ3) is 6.92. The van der Waals surface area contributed by atoms with E-state index in [1.807, 2.05) is 32.0 Å². The summed E-state index contributed by atoms with van der Waals surface area (Å²) < 4.78 is 11.8. The van der Waals surface area contributed by atoms with Gasteiger partial charge in [0.25, 0.3) is 0 Å². The zero-order valence-electron chi connectivity index (χ0n) is 30.9. The van der Waals surface area contributed by atoms with Crippen molar-refractivity contribution in [2.75, 3.05) is 0 Å². The molecule has 0 atom stereocenters. The molecule has 0 fully saturated rings. The fourth-order valence-corrected chi connectivity index (χ4v) is 9.71. The summed E-state index contributed by atoms with van der Waals surface area (Å²) in [5.74, 6) is 3.64. The van der Waals surface area contributed by atoms with E-state index in [2.05, 4.69) is 126 Å². The summed E-state index contributed by atoms with van der Waals surface area (Å²) in [5, 5.41) is 7.54. The second-order valence-corrected chi connectivity index (χ2v) is 17.1. The van der Waals surface area contributed by atoms with Crippen LogP contribution < -0.4 is 5.19 Å². The average molecular weight is 816 g/mol. The molecule has 8 rings (SSSR count). The Labute approximate surface area is 337 Å². The van der Waals surface area contributed by atoms with Crippen molar-refractivity contribution < 1.29 is 35.0 Å². The normalized spacial score (nSPS) is 11.3. The maximum Gasteiger partial charge on any atom is 2.00 e.